The molecule has 62 heavy (non-hydrogen) atoms. The molecule has 1 heterocycles. The quantitative estimate of drug-likeness (QED) is 0.146. The van der Waals surface area contributed by atoms with Gasteiger partial charge in [0.25, 0.3) is 0 Å². The van der Waals surface area contributed by atoms with Gasteiger partial charge < -0.3 is 9.47 Å². The van der Waals surface area contributed by atoms with Crippen molar-refractivity contribution in [2.45, 2.75) is 0 Å². The first-order valence-corrected chi connectivity index (χ1v) is 21.3. The summed E-state index contributed by atoms with van der Waals surface area (Å²) in [6.07, 6.45) is 0. The van der Waals surface area contributed by atoms with Gasteiger partial charge in [-0.2, -0.15) is 0 Å². The van der Waals surface area contributed by atoms with Crippen LogP contribution in [0.15, 0.2) is 243 Å². The van der Waals surface area contributed by atoms with Crippen LogP contribution in [-0.2, 0) is 0 Å². The highest BCUT2D eigenvalue weighted by molar-refractivity contribution is 6.21. The van der Waals surface area contributed by atoms with Gasteiger partial charge in [-0.05, 0) is 121 Å². The average molecular weight is 789 g/mol. The molecule has 11 aromatic carbocycles. The summed E-state index contributed by atoms with van der Waals surface area (Å²) in [7, 11) is 0. The van der Waals surface area contributed by atoms with Gasteiger partial charge in [0, 0.05) is 33.4 Å². The first-order chi connectivity index (χ1) is 30.8. The molecule has 0 aliphatic carbocycles. The number of fused-ring (bicyclic) bond motifs is 8. The maximum atomic E-state index is 2.41. The van der Waals surface area contributed by atoms with Crippen molar-refractivity contribution in [3.05, 3.63) is 243 Å². The molecule has 0 spiro atoms. The molecule has 0 saturated heterocycles. The number of para-hydroxylation sites is 2. The van der Waals surface area contributed by atoms with E-state index in [2.05, 4.69) is 252 Å². The van der Waals surface area contributed by atoms with Crippen molar-refractivity contribution in [3.63, 3.8) is 0 Å². The SMILES string of the molecule is c1ccc(-c2cccc(N(c3ccc(-c4cc5ccccc5c5ccccc45)cc3)c3ccccc3-c3ccc(-n4c5ccccc5c5c6ccccc6ccc54)cc3)c2)cc1. The average Bonchev–Trinajstić information content (AvgIpc) is 3.70. The second-order valence-corrected chi connectivity index (χ2v) is 16.1. The monoisotopic (exact) mass is 788 g/mol. The van der Waals surface area contributed by atoms with E-state index in [0.29, 0.717) is 0 Å². The van der Waals surface area contributed by atoms with Gasteiger partial charge in [0.05, 0.1) is 16.7 Å². The van der Waals surface area contributed by atoms with E-state index >= 15 is 0 Å². The maximum Gasteiger partial charge on any atom is 0.0547 e. The van der Waals surface area contributed by atoms with Gasteiger partial charge in [-0.3, -0.25) is 0 Å². The van der Waals surface area contributed by atoms with E-state index in [0.717, 1.165) is 33.9 Å². The molecule has 0 radical (unpaired) electrons. The van der Waals surface area contributed by atoms with Crippen LogP contribution in [0.1, 0.15) is 0 Å². The number of benzene rings is 11. The molecule has 0 bridgehead atoms. The Balaban J connectivity index is 0.992. The molecule has 2 heteroatoms. The van der Waals surface area contributed by atoms with E-state index in [-0.39, 0.29) is 0 Å². The first kappa shape index (κ1) is 35.7. The number of hydrogen-bond acceptors (Lipinski definition) is 1. The molecule has 0 unspecified atom stereocenters. The third-order valence-electron chi connectivity index (χ3n) is 12.6. The topological polar surface area (TPSA) is 8.17 Å². The summed E-state index contributed by atoms with van der Waals surface area (Å²) >= 11 is 0. The highest BCUT2D eigenvalue weighted by Gasteiger charge is 2.20. The molecule has 0 saturated carbocycles. The van der Waals surface area contributed by atoms with Gasteiger partial charge in [-0.15, -0.1) is 0 Å². The normalized spacial score (nSPS) is 11.5. The minimum atomic E-state index is 1.09. The Bertz CT molecular complexity index is 3620. The van der Waals surface area contributed by atoms with Crippen molar-refractivity contribution in [3.8, 4) is 39.1 Å². The molecule has 12 aromatic rings. The Kier molecular flexibility index (Phi) is 8.53. The number of rotatable bonds is 7. The number of nitrogens with zero attached hydrogens (tertiary/aromatic N) is 2. The molecule has 0 fully saturated rings. The van der Waals surface area contributed by atoms with Crippen LogP contribution >= 0.6 is 0 Å². The molecule has 1 aromatic heterocycles. The van der Waals surface area contributed by atoms with Crippen molar-refractivity contribution in [1.29, 1.82) is 0 Å². The molecule has 0 aliphatic heterocycles. The first-order valence-electron chi connectivity index (χ1n) is 21.3. The van der Waals surface area contributed by atoms with E-state index in [4.69, 9.17) is 0 Å². The smallest absolute Gasteiger partial charge is 0.0547 e. The lowest BCUT2D eigenvalue weighted by molar-refractivity contribution is 1.18. The van der Waals surface area contributed by atoms with Gasteiger partial charge in [0.15, 0.2) is 0 Å². The second kappa shape index (κ2) is 14.8. The predicted molar refractivity (Wildman–Crippen MR) is 264 cm³/mol. The summed E-state index contributed by atoms with van der Waals surface area (Å²) in [5.74, 6) is 0. The fraction of sp³-hybridized carbons (Fsp3) is 0. The zero-order valence-corrected chi connectivity index (χ0v) is 34.0. The van der Waals surface area contributed by atoms with Gasteiger partial charge in [0.2, 0.25) is 0 Å². The van der Waals surface area contributed by atoms with E-state index in [9.17, 15) is 0 Å². The highest BCUT2D eigenvalue weighted by Crippen LogP contribution is 2.44. The fourth-order valence-electron chi connectivity index (χ4n) is 9.69. The van der Waals surface area contributed by atoms with Crippen LogP contribution in [-0.4, -0.2) is 4.57 Å². The van der Waals surface area contributed by atoms with Crippen molar-refractivity contribution in [1.82, 2.24) is 4.57 Å². The highest BCUT2D eigenvalue weighted by atomic mass is 15.1. The van der Waals surface area contributed by atoms with Crippen LogP contribution < -0.4 is 4.90 Å². The summed E-state index contributed by atoms with van der Waals surface area (Å²) in [6.45, 7) is 0. The molecule has 2 nitrogen and oxygen atoms in total. The molecule has 0 N–H and O–H groups in total. The van der Waals surface area contributed by atoms with E-state index in [1.54, 1.807) is 0 Å². The van der Waals surface area contributed by atoms with Crippen LogP contribution in [0.2, 0.25) is 0 Å². The third-order valence-corrected chi connectivity index (χ3v) is 12.6. The molecule has 0 atom stereocenters. The van der Waals surface area contributed by atoms with Crippen LogP contribution in [0.3, 0.4) is 0 Å². The van der Waals surface area contributed by atoms with Crippen LogP contribution in [0.4, 0.5) is 17.1 Å². The lowest BCUT2D eigenvalue weighted by Crippen LogP contribution is -2.11. The van der Waals surface area contributed by atoms with Crippen LogP contribution in [0.25, 0.3) is 93.2 Å². The predicted octanol–water partition coefficient (Wildman–Crippen LogP) is 16.7. The van der Waals surface area contributed by atoms with Crippen LogP contribution in [0.5, 0.6) is 0 Å². The minimum absolute atomic E-state index is 1.09. The maximum absolute atomic E-state index is 2.41. The Morgan fingerprint density at radius 2 is 0.903 bits per heavy atom. The summed E-state index contributed by atoms with van der Waals surface area (Å²) in [6, 6.07) is 88.4. The molecular weight excluding hydrogens is 749 g/mol. The molecule has 0 aliphatic rings. The third kappa shape index (κ3) is 5.96. The van der Waals surface area contributed by atoms with Gasteiger partial charge in [-0.1, -0.05) is 182 Å². The fourth-order valence-corrected chi connectivity index (χ4v) is 9.69. The summed E-state index contributed by atoms with van der Waals surface area (Å²) in [5, 5.41) is 10.1. The Morgan fingerprint density at radius 1 is 0.290 bits per heavy atom. The van der Waals surface area contributed by atoms with Gasteiger partial charge in [-0.25, -0.2) is 0 Å². The van der Waals surface area contributed by atoms with E-state index in [1.165, 1.54) is 76.4 Å². The molecular formula is C60H40N2. The van der Waals surface area contributed by atoms with Gasteiger partial charge in [0.1, 0.15) is 0 Å². The van der Waals surface area contributed by atoms with Crippen molar-refractivity contribution < 1.29 is 0 Å². The zero-order valence-electron chi connectivity index (χ0n) is 34.0. The van der Waals surface area contributed by atoms with Gasteiger partial charge >= 0.3 is 0 Å². The van der Waals surface area contributed by atoms with Crippen LogP contribution in [0, 0.1) is 0 Å². The van der Waals surface area contributed by atoms with E-state index < -0.39 is 0 Å². The number of anilines is 3. The second-order valence-electron chi connectivity index (χ2n) is 16.1. The van der Waals surface area contributed by atoms with E-state index in [1.807, 2.05) is 0 Å². The number of aromatic nitrogens is 1. The zero-order chi connectivity index (χ0) is 41.0. The Hall–Kier alpha value is -8.20. The lowest BCUT2D eigenvalue weighted by atomic mass is 9.93. The number of hydrogen-bond donors (Lipinski definition) is 0. The Labute approximate surface area is 360 Å². The Morgan fingerprint density at radius 3 is 1.73 bits per heavy atom. The van der Waals surface area contributed by atoms with Crippen molar-refractivity contribution >= 4 is 71.2 Å². The largest absolute Gasteiger partial charge is 0.310 e. The van der Waals surface area contributed by atoms with Crippen molar-refractivity contribution in [2.24, 2.45) is 0 Å². The lowest BCUT2D eigenvalue weighted by Gasteiger charge is -2.28. The molecule has 0 amide bonds. The summed E-state index contributed by atoms with van der Waals surface area (Å²) in [4.78, 5) is 2.41. The summed E-state index contributed by atoms with van der Waals surface area (Å²) < 4.78 is 2.41. The molecule has 12 rings (SSSR count). The van der Waals surface area contributed by atoms with Crippen molar-refractivity contribution in [2.75, 3.05) is 4.90 Å². The standard InChI is InChI=1S/C60H40N2/c1-2-15-41(16-3-1)45-19-14-20-49(39-45)61(47-34-31-44(32-35-47)56-40-46-18-5-6-21-50(46)53-24-8-9-25-54(53)56)57-27-12-10-22-51(57)43-29-36-48(37-30-43)62-58-28-13-11-26-55(58)60-52-23-7-4-17-42(52)33-38-59(60)62/h1-40H. The molecule has 290 valence electrons. The minimum Gasteiger partial charge on any atom is -0.310 e. The summed E-state index contributed by atoms with van der Waals surface area (Å²) in [5.41, 5.74) is 13.9.